The standard InChI is InChI=1S/C23H37N3O5S/c1-5-26-16(3)20(23(28)31-6-2)21(17(26)4)32(29,30)25-14-10-11-18(15-25)22(27)24-19-12-8-7-9-13-19/h18-19H,5-15H2,1-4H3,(H,24,27)/t18-/m0/s1. The Morgan fingerprint density at radius 3 is 2.34 bits per heavy atom. The van der Waals surface area contributed by atoms with Gasteiger partial charge in [0.2, 0.25) is 15.9 Å². The molecule has 32 heavy (non-hydrogen) atoms. The van der Waals surface area contributed by atoms with Crippen molar-refractivity contribution in [3.05, 3.63) is 17.0 Å². The smallest absolute Gasteiger partial charge is 0.341 e. The lowest BCUT2D eigenvalue weighted by molar-refractivity contribution is -0.127. The zero-order chi connectivity index (χ0) is 23.5. The van der Waals surface area contributed by atoms with E-state index in [1.165, 1.54) is 10.7 Å². The molecule has 0 radical (unpaired) electrons. The van der Waals surface area contributed by atoms with Crippen LogP contribution in [0.15, 0.2) is 4.90 Å². The molecule has 2 aliphatic rings. The Morgan fingerprint density at radius 2 is 1.72 bits per heavy atom. The van der Waals surface area contributed by atoms with Crippen LogP contribution in [0.4, 0.5) is 0 Å². The number of amides is 1. The van der Waals surface area contributed by atoms with Gasteiger partial charge in [-0.15, -0.1) is 0 Å². The molecule has 0 spiro atoms. The third-order valence-electron chi connectivity index (χ3n) is 6.83. The van der Waals surface area contributed by atoms with Gasteiger partial charge >= 0.3 is 5.97 Å². The van der Waals surface area contributed by atoms with E-state index in [-0.39, 0.29) is 41.5 Å². The van der Waals surface area contributed by atoms with Crippen LogP contribution >= 0.6 is 0 Å². The first-order valence-corrected chi connectivity index (χ1v) is 13.3. The van der Waals surface area contributed by atoms with E-state index < -0.39 is 16.0 Å². The van der Waals surface area contributed by atoms with Crippen LogP contribution in [0.2, 0.25) is 0 Å². The minimum absolute atomic E-state index is 0.0173. The number of ether oxygens (including phenoxy) is 1. The largest absolute Gasteiger partial charge is 0.462 e. The molecule has 2 heterocycles. The van der Waals surface area contributed by atoms with Gasteiger partial charge in [-0.25, -0.2) is 13.2 Å². The molecule has 0 bridgehead atoms. The van der Waals surface area contributed by atoms with Crippen LogP contribution < -0.4 is 5.32 Å². The molecule has 1 atom stereocenters. The summed E-state index contributed by atoms with van der Waals surface area (Å²) in [5, 5.41) is 3.14. The second-order valence-corrected chi connectivity index (χ2v) is 10.8. The van der Waals surface area contributed by atoms with Gasteiger partial charge in [-0.05, 0) is 53.4 Å². The highest BCUT2D eigenvalue weighted by Crippen LogP contribution is 2.32. The van der Waals surface area contributed by atoms with Crippen molar-refractivity contribution in [2.45, 2.75) is 90.1 Å². The molecule has 1 saturated carbocycles. The minimum Gasteiger partial charge on any atom is -0.462 e. The van der Waals surface area contributed by atoms with Gasteiger partial charge in [0.15, 0.2) is 0 Å². The Bertz CT molecular complexity index is 947. The van der Waals surface area contributed by atoms with E-state index >= 15 is 0 Å². The van der Waals surface area contributed by atoms with E-state index in [0.717, 1.165) is 25.7 Å². The van der Waals surface area contributed by atoms with E-state index in [0.29, 0.717) is 37.3 Å². The second-order valence-electron chi connectivity index (χ2n) is 8.89. The molecule has 1 saturated heterocycles. The lowest BCUT2D eigenvalue weighted by Gasteiger charge is -2.33. The lowest BCUT2D eigenvalue weighted by atomic mass is 9.93. The van der Waals surface area contributed by atoms with E-state index in [1.807, 2.05) is 11.5 Å². The van der Waals surface area contributed by atoms with Crippen molar-refractivity contribution in [2.75, 3.05) is 19.7 Å². The third kappa shape index (κ3) is 4.88. The second kappa shape index (κ2) is 10.4. The van der Waals surface area contributed by atoms with Crippen molar-refractivity contribution in [2.24, 2.45) is 5.92 Å². The maximum atomic E-state index is 13.8. The molecule has 0 aromatic carbocycles. The molecule has 2 fully saturated rings. The van der Waals surface area contributed by atoms with Gasteiger partial charge in [-0.2, -0.15) is 4.31 Å². The summed E-state index contributed by atoms with van der Waals surface area (Å²) >= 11 is 0. The molecular weight excluding hydrogens is 430 g/mol. The summed E-state index contributed by atoms with van der Waals surface area (Å²) in [6.45, 7) is 8.28. The number of nitrogens with one attached hydrogen (secondary N) is 1. The molecule has 1 aromatic rings. The molecule has 180 valence electrons. The number of hydrogen-bond acceptors (Lipinski definition) is 5. The Labute approximate surface area is 191 Å². The molecular formula is C23H37N3O5S. The number of esters is 1. The van der Waals surface area contributed by atoms with Crippen LogP contribution in [-0.4, -0.2) is 54.9 Å². The average Bonchev–Trinajstić information content (AvgIpc) is 3.04. The number of hydrogen-bond donors (Lipinski definition) is 1. The van der Waals surface area contributed by atoms with Crippen LogP contribution in [0.5, 0.6) is 0 Å². The van der Waals surface area contributed by atoms with E-state index in [1.54, 1.807) is 20.8 Å². The highest BCUT2D eigenvalue weighted by molar-refractivity contribution is 7.89. The summed E-state index contributed by atoms with van der Waals surface area (Å²) < 4.78 is 35.9. The average molecular weight is 468 g/mol. The summed E-state index contributed by atoms with van der Waals surface area (Å²) in [7, 11) is -3.97. The Kier molecular flexibility index (Phi) is 8.03. The Balaban J connectivity index is 1.87. The lowest BCUT2D eigenvalue weighted by Crippen LogP contribution is -2.48. The molecule has 1 aromatic heterocycles. The van der Waals surface area contributed by atoms with Crippen molar-refractivity contribution < 1.29 is 22.7 Å². The summed E-state index contributed by atoms with van der Waals surface area (Å²) in [6.07, 6.45) is 6.73. The fraction of sp³-hybridized carbons (Fsp3) is 0.739. The van der Waals surface area contributed by atoms with Gasteiger partial charge in [0.1, 0.15) is 10.5 Å². The number of carbonyl (C=O) groups is 2. The minimum atomic E-state index is -3.97. The molecule has 0 unspecified atom stereocenters. The number of rotatable bonds is 7. The fourth-order valence-electron chi connectivity index (χ4n) is 5.16. The molecule has 1 aliphatic carbocycles. The van der Waals surface area contributed by atoms with Gasteiger partial charge in [0.25, 0.3) is 0 Å². The van der Waals surface area contributed by atoms with Crippen LogP contribution in [-0.2, 0) is 26.1 Å². The number of aromatic nitrogens is 1. The highest BCUT2D eigenvalue weighted by atomic mass is 32.2. The molecule has 1 amide bonds. The van der Waals surface area contributed by atoms with Crippen LogP contribution in [0.1, 0.15) is 80.5 Å². The van der Waals surface area contributed by atoms with Gasteiger partial charge < -0.3 is 14.6 Å². The molecule has 3 rings (SSSR count). The molecule has 8 nitrogen and oxygen atoms in total. The zero-order valence-corrected chi connectivity index (χ0v) is 20.6. The van der Waals surface area contributed by atoms with Gasteiger partial charge in [-0.3, -0.25) is 4.79 Å². The van der Waals surface area contributed by atoms with Crippen molar-refractivity contribution in [1.29, 1.82) is 0 Å². The predicted octanol–water partition coefficient (Wildman–Crippen LogP) is 3.15. The van der Waals surface area contributed by atoms with Crippen molar-refractivity contribution >= 4 is 21.9 Å². The summed E-state index contributed by atoms with van der Waals surface area (Å²) in [6, 6.07) is 0.196. The number of piperidine rings is 1. The van der Waals surface area contributed by atoms with Crippen LogP contribution in [0.25, 0.3) is 0 Å². The molecule has 9 heteroatoms. The van der Waals surface area contributed by atoms with E-state index in [4.69, 9.17) is 4.74 Å². The van der Waals surface area contributed by atoms with E-state index in [2.05, 4.69) is 5.32 Å². The first-order valence-electron chi connectivity index (χ1n) is 11.9. The topological polar surface area (TPSA) is 97.7 Å². The Hall–Kier alpha value is -1.87. The third-order valence-corrected chi connectivity index (χ3v) is 8.85. The van der Waals surface area contributed by atoms with Crippen molar-refractivity contribution in [1.82, 2.24) is 14.2 Å². The van der Waals surface area contributed by atoms with E-state index in [9.17, 15) is 18.0 Å². The van der Waals surface area contributed by atoms with Crippen LogP contribution in [0.3, 0.4) is 0 Å². The first-order chi connectivity index (χ1) is 15.2. The summed E-state index contributed by atoms with van der Waals surface area (Å²) in [5.74, 6) is -1.05. The first kappa shape index (κ1) is 24.8. The van der Waals surface area contributed by atoms with Crippen molar-refractivity contribution in [3.63, 3.8) is 0 Å². The van der Waals surface area contributed by atoms with Crippen LogP contribution in [0, 0.1) is 19.8 Å². The quantitative estimate of drug-likeness (QED) is 0.621. The maximum Gasteiger partial charge on any atom is 0.341 e. The SMILES string of the molecule is CCOC(=O)c1c(S(=O)(=O)N2CCC[C@H](C(=O)NC3CCCCC3)C2)c(C)n(CC)c1C. The predicted molar refractivity (Wildman–Crippen MR) is 122 cm³/mol. The van der Waals surface area contributed by atoms with Gasteiger partial charge in [0, 0.05) is 37.1 Å². The monoisotopic (exact) mass is 467 g/mol. The van der Waals surface area contributed by atoms with Crippen molar-refractivity contribution in [3.8, 4) is 0 Å². The van der Waals surface area contributed by atoms with Gasteiger partial charge in [0.05, 0.1) is 12.5 Å². The number of carbonyl (C=O) groups excluding carboxylic acids is 2. The molecule has 1 N–H and O–H groups in total. The summed E-state index contributed by atoms with van der Waals surface area (Å²) in [5.41, 5.74) is 1.23. The number of sulfonamides is 1. The number of nitrogens with zero attached hydrogens (tertiary/aromatic N) is 2. The summed E-state index contributed by atoms with van der Waals surface area (Å²) in [4.78, 5) is 25.6. The maximum absolute atomic E-state index is 13.8. The normalized spacial score (nSPS) is 20.8. The Morgan fingerprint density at radius 1 is 1.03 bits per heavy atom. The zero-order valence-electron chi connectivity index (χ0n) is 19.8. The fourth-order valence-corrected chi connectivity index (χ4v) is 7.13. The van der Waals surface area contributed by atoms with Gasteiger partial charge in [-0.1, -0.05) is 19.3 Å². The highest BCUT2D eigenvalue weighted by Gasteiger charge is 2.39. The molecule has 1 aliphatic heterocycles.